The molecule has 0 radical (unpaired) electrons. The van der Waals surface area contributed by atoms with Crippen LogP contribution in [-0.4, -0.2) is 47.0 Å². The van der Waals surface area contributed by atoms with E-state index in [1.165, 1.54) is 0 Å². The van der Waals surface area contributed by atoms with Gasteiger partial charge in [-0.25, -0.2) is 0 Å². The number of ether oxygens (including phenoxy) is 2. The summed E-state index contributed by atoms with van der Waals surface area (Å²) in [4.78, 5) is 4.64. The molecule has 3 rings (SSSR count). The van der Waals surface area contributed by atoms with Crippen LogP contribution in [0.25, 0.3) is 0 Å². The molecule has 0 amide bonds. The lowest BCUT2D eigenvalue weighted by atomic mass is 10.3. The van der Waals surface area contributed by atoms with Crippen LogP contribution in [0.2, 0.25) is 0 Å². The van der Waals surface area contributed by atoms with Crippen LogP contribution in [0.3, 0.4) is 0 Å². The lowest BCUT2D eigenvalue weighted by Crippen LogP contribution is -2.31. The fourth-order valence-electron chi connectivity index (χ4n) is 2.69. The number of hydrogen-bond donors (Lipinski definition) is 2. The zero-order valence-corrected chi connectivity index (χ0v) is 18.1. The van der Waals surface area contributed by atoms with Crippen molar-refractivity contribution in [3.63, 3.8) is 0 Å². The molecule has 0 atom stereocenters. The summed E-state index contributed by atoms with van der Waals surface area (Å²) in [5.41, 5.74) is 0.910. The van der Waals surface area contributed by atoms with Crippen LogP contribution >= 0.6 is 24.0 Å². The fourth-order valence-corrected chi connectivity index (χ4v) is 2.69. The number of anilines is 1. The topological polar surface area (TPSA) is 85.6 Å². The van der Waals surface area contributed by atoms with E-state index in [9.17, 15) is 0 Å². The monoisotopic (exact) mass is 486 g/mol. The molecule has 0 bridgehead atoms. The van der Waals surface area contributed by atoms with Gasteiger partial charge in [0.25, 0.3) is 0 Å². The van der Waals surface area contributed by atoms with Crippen molar-refractivity contribution >= 4 is 35.6 Å². The zero-order chi connectivity index (χ0) is 18.2. The summed E-state index contributed by atoms with van der Waals surface area (Å²) in [6.07, 6.45) is 3.50. The van der Waals surface area contributed by atoms with E-state index in [1.807, 2.05) is 29.7 Å². The molecule has 1 aliphatic heterocycles. The molecule has 2 N–H and O–H groups in total. The Hall–Kier alpha value is -2.04. The standard InChI is InChI=1S/C18H26N6O2.HI/c1-3-17-23-21-13-24(17)9-8-20-18(19-4-2)22-14-6-7-15-16(12-14)26-11-5-10-25-15;/h6-7,12-13H,3-5,8-11H2,1-2H3,(H2,19,20,22);1H. The second kappa shape index (κ2) is 11.0. The second-order valence-corrected chi connectivity index (χ2v) is 5.89. The van der Waals surface area contributed by atoms with Gasteiger partial charge in [-0.15, -0.1) is 34.2 Å². The molecule has 1 aromatic carbocycles. The number of fused-ring (bicyclic) bond motifs is 1. The summed E-state index contributed by atoms with van der Waals surface area (Å²) in [5, 5.41) is 14.6. The van der Waals surface area contributed by atoms with Gasteiger partial charge >= 0.3 is 0 Å². The van der Waals surface area contributed by atoms with Crippen molar-refractivity contribution in [3.05, 3.63) is 30.4 Å². The maximum Gasteiger partial charge on any atom is 0.195 e. The number of hydrogen-bond acceptors (Lipinski definition) is 5. The summed E-state index contributed by atoms with van der Waals surface area (Å²) in [5.74, 6) is 3.25. The van der Waals surface area contributed by atoms with Gasteiger partial charge < -0.3 is 24.7 Å². The highest BCUT2D eigenvalue weighted by atomic mass is 127. The first-order valence-corrected chi connectivity index (χ1v) is 9.11. The maximum absolute atomic E-state index is 5.74. The minimum atomic E-state index is 0. The Bertz CT molecular complexity index is 749. The largest absolute Gasteiger partial charge is 0.490 e. The summed E-state index contributed by atoms with van der Waals surface area (Å²) in [7, 11) is 0. The normalized spacial score (nSPS) is 13.5. The Balaban J connectivity index is 0.00000261. The maximum atomic E-state index is 5.74. The summed E-state index contributed by atoms with van der Waals surface area (Å²) in [6.45, 7) is 7.62. The van der Waals surface area contributed by atoms with Crippen LogP contribution in [0.1, 0.15) is 26.1 Å². The third-order valence-electron chi connectivity index (χ3n) is 3.98. The molecular formula is C18H27IN6O2. The summed E-state index contributed by atoms with van der Waals surface area (Å²) >= 11 is 0. The molecule has 0 unspecified atom stereocenters. The van der Waals surface area contributed by atoms with Gasteiger partial charge in [0.2, 0.25) is 0 Å². The number of rotatable bonds is 6. The minimum Gasteiger partial charge on any atom is -0.490 e. The number of nitrogens with zero attached hydrogens (tertiary/aromatic N) is 4. The molecule has 9 heteroatoms. The average molecular weight is 486 g/mol. The number of guanidine groups is 1. The van der Waals surface area contributed by atoms with Crippen LogP contribution in [0, 0.1) is 0 Å². The molecular weight excluding hydrogens is 459 g/mol. The second-order valence-electron chi connectivity index (χ2n) is 5.89. The predicted octanol–water partition coefficient (Wildman–Crippen LogP) is 2.70. The number of nitrogens with one attached hydrogen (secondary N) is 2. The van der Waals surface area contributed by atoms with Crippen molar-refractivity contribution < 1.29 is 9.47 Å². The number of halogens is 1. The molecule has 0 saturated heterocycles. The first-order chi connectivity index (χ1) is 12.8. The van der Waals surface area contributed by atoms with Crippen molar-refractivity contribution in [2.24, 2.45) is 4.99 Å². The van der Waals surface area contributed by atoms with Gasteiger partial charge in [-0.05, 0) is 19.1 Å². The number of aryl methyl sites for hydroxylation is 1. The Morgan fingerprint density at radius 2 is 2.04 bits per heavy atom. The van der Waals surface area contributed by atoms with Crippen LogP contribution in [0.5, 0.6) is 11.5 Å². The van der Waals surface area contributed by atoms with E-state index in [4.69, 9.17) is 9.47 Å². The Labute approximate surface area is 176 Å². The molecule has 148 valence electrons. The Morgan fingerprint density at radius 3 is 2.81 bits per heavy atom. The van der Waals surface area contributed by atoms with Crippen LogP contribution in [-0.2, 0) is 13.0 Å². The zero-order valence-electron chi connectivity index (χ0n) is 15.8. The van der Waals surface area contributed by atoms with E-state index in [0.29, 0.717) is 19.8 Å². The van der Waals surface area contributed by atoms with E-state index < -0.39 is 0 Å². The van der Waals surface area contributed by atoms with Gasteiger partial charge in [0.15, 0.2) is 17.5 Å². The van der Waals surface area contributed by atoms with E-state index in [-0.39, 0.29) is 24.0 Å². The smallest absolute Gasteiger partial charge is 0.195 e. The van der Waals surface area contributed by atoms with Gasteiger partial charge in [0.1, 0.15) is 12.2 Å². The molecule has 0 aliphatic carbocycles. The van der Waals surface area contributed by atoms with E-state index in [1.54, 1.807) is 6.33 Å². The van der Waals surface area contributed by atoms with Crippen molar-refractivity contribution in [2.45, 2.75) is 33.2 Å². The SMILES string of the molecule is CCNC(=NCCn1cnnc1CC)Nc1ccc2c(c1)OCCCO2.I. The molecule has 8 nitrogen and oxygen atoms in total. The van der Waals surface area contributed by atoms with Gasteiger partial charge in [-0.1, -0.05) is 6.92 Å². The third kappa shape index (κ3) is 5.98. The lowest BCUT2D eigenvalue weighted by molar-refractivity contribution is 0.297. The summed E-state index contributed by atoms with van der Waals surface area (Å²) in [6, 6.07) is 5.84. The Kier molecular flexibility index (Phi) is 8.62. The molecule has 27 heavy (non-hydrogen) atoms. The first kappa shape index (κ1) is 21.3. The van der Waals surface area contributed by atoms with E-state index in [0.717, 1.165) is 54.9 Å². The third-order valence-corrected chi connectivity index (χ3v) is 3.98. The molecule has 2 aromatic rings. The van der Waals surface area contributed by atoms with Crippen molar-refractivity contribution in [1.29, 1.82) is 0 Å². The molecule has 1 aliphatic rings. The van der Waals surface area contributed by atoms with E-state index >= 15 is 0 Å². The number of benzene rings is 1. The lowest BCUT2D eigenvalue weighted by Gasteiger charge is -2.14. The van der Waals surface area contributed by atoms with Crippen LogP contribution in [0.4, 0.5) is 5.69 Å². The van der Waals surface area contributed by atoms with E-state index in [2.05, 4.69) is 32.7 Å². The van der Waals surface area contributed by atoms with Crippen molar-refractivity contribution in [1.82, 2.24) is 20.1 Å². The number of aliphatic imine (C=N–C) groups is 1. The highest BCUT2D eigenvalue weighted by molar-refractivity contribution is 14.0. The molecule has 1 aromatic heterocycles. The minimum absolute atomic E-state index is 0. The quantitative estimate of drug-likeness (QED) is 0.371. The van der Waals surface area contributed by atoms with Crippen LogP contribution in [0.15, 0.2) is 29.5 Å². The van der Waals surface area contributed by atoms with Crippen molar-refractivity contribution in [3.8, 4) is 11.5 Å². The Morgan fingerprint density at radius 1 is 1.22 bits per heavy atom. The highest BCUT2D eigenvalue weighted by Crippen LogP contribution is 2.32. The highest BCUT2D eigenvalue weighted by Gasteiger charge is 2.11. The molecule has 0 saturated carbocycles. The van der Waals surface area contributed by atoms with Crippen LogP contribution < -0.4 is 20.1 Å². The summed E-state index contributed by atoms with van der Waals surface area (Å²) < 4.78 is 13.4. The van der Waals surface area contributed by atoms with Crippen molar-refractivity contribution in [2.75, 3.05) is 31.6 Å². The average Bonchev–Trinajstić information content (AvgIpc) is 2.97. The molecule has 0 fully saturated rings. The van der Waals surface area contributed by atoms with Gasteiger partial charge in [0.05, 0.1) is 19.8 Å². The van der Waals surface area contributed by atoms with Gasteiger partial charge in [0, 0.05) is 37.7 Å². The predicted molar refractivity (Wildman–Crippen MR) is 116 cm³/mol. The van der Waals surface area contributed by atoms with Gasteiger partial charge in [-0.3, -0.25) is 4.99 Å². The fraction of sp³-hybridized carbons (Fsp3) is 0.500. The first-order valence-electron chi connectivity index (χ1n) is 9.11. The van der Waals surface area contributed by atoms with Gasteiger partial charge in [-0.2, -0.15) is 0 Å². The number of aromatic nitrogens is 3. The molecule has 0 spiro atoms. The molecule has 2 heterocycles.